The Labute approximate surface area is 54.8 Å². The minimum absolute atomic E-state index is 0.604. The maximum Gasteiger partial charge on any atom is 0.310 e. The molecule has 0 saturated heterocycles. The second-order valence-electron chi connectivity index (χ2n) is 1.41. The fourth-order valence-electron chi connectivity index (χ4n) is 0.227. The van der Waals surface area contributed by atoms with Crippen molar-refractivity contribution in [3.63, 3.8) is 0 Å². The number of hydrogen-bond acceptors (Lipinski definition) is 2. The molecule has 0 N–H and O–H groups in total. The fourth-order valence-corrected chi connectivity index (χ4v) is 0.405. The van der Waals surface area contributed by atoms with Gasteiger partial charge in [0.2, 0.25) is 5.24 Å². The van der Waals surface area contributed by atoms with Crippen LogP contribution in [0.25, 0.3) is 0 Å². The molecule has 52 valence electrons. The SMILES string of the molecule is O=CC(F)(F)CC(=O)Cl. The third-order valence-corrected chi connectivity index (χ3v) is 0.681. The van der Waals surface area contributed by atoms with Crippen LogP contribution in [0.5, 0.6) is 0 Å². The molecule has 0 rings (SSSR count). The highest BCUT2D eigenvalue weighted by Crippen LogP contribution is 2.15. The molecule has 0 aliphatic heterocycles. The number of rotatable bonds is 3. The Hall–Kier alpha value is -0.510. The first-order valence-corrected chi connectivity index (χ1v) is 2.38. The average Bonchev–Trinajstić information content (AvgIpc) is 1.63. The molecule has 2 nitrogen and oxygen atoms in total. The first-order chi connectivity index (χ1) is 3.98. The Balaban J connectivity index is 3.86. The van der Waals surface area contributed by atoms with Gasteiger partial charge in [0.1, 0.15) is 0 Å². The van der Waals surface area contributed by atoms with Crippen LogP contribution in [-0.2, 0) is 9.59 Å². The first-order valence-electron chi connectivity index (χ1n) is 2.00. The van der Waals surface area contributed by atoms with E-state index >= 15 is 0 Å². The van der Waals surface area contributed by atoms with Crippen LogP contribution in [-0.4, -0.2) is 17.5 Å². The Morgan fingerprint density at radius 2 is 2.11 bits per heavy atom. The lowest BCUT2D eigenvalue weighted by Gasteiger charge is -2.01. The fraction of sp³-hybridized carbons (Fsp3) is 0.500. The molecule has 0 aromatic rings. The van der Waals surface area contributed by atoms with Crippen molar-refractivity contribution in [1.82, 2.24) is 0 Å². The van der Waals surface area contributed by atoms with Crippen molar-refractivity contribution < 1.29 is 18.4 Å². The molecule has 0 spiro atoms. The molecule has 0 aromatic heterocycles. The molecule has 0 aliphatic rings. The van der Waals surface area contributed by atoms with E-state index in [1.165, 1.54) is 0 Å². The van der Waals surface area contributed by atoms with Gasteiger partial charge in [-0.1, -0.05) is 0 Å². The van der Waals surface area contributed by atoms with Crippen LogP contribution in [0.15, 0.2) is 0 Å². The van der Waals surface area contributed by atoms with Gasteiger partial charge in [-0.05, 0) is 11.6 Å². The van der Waals surface area contributed by atoms with Crippen LogP contribution in [0.3, 0.4) is 0 Å². The van der Waals surface area contributed by atoms with Crippen molar-refractivity contribution in [1.29, 1.82) is 0 Å². The van der Waals surface area contributed by atoms with Crippen LogP contribution in [0.2, 0.25) is 0 Å². The second kappa shape index (κ2) is 2.87. The van der Waals surface area contributed by atoms with E-state index in [1.807, 2.05) is 0 Å². The number of halogens is 3. The zero-order chi connectivity index (χ0) is 7.49. The van der Waals surface area contributed by atoms with Gasteiger partial charge in [-0.3, -0.25) is 9.59 Å². The zero-order valence-corrected chi connectivity index (χ0v) is 4.99. The van der Waals surface area contributed by atoms with Crippen molar-refractivity contribution in [3.05, 3.63) is 0 Å². The zero-order valence-electron chi connectivity index (χ0n) is 4.23. The molecule has 0 aliphatic carbocycles. The summed E-state index contributed by atoms with van der Waals surface area (Å²) in [7, 11) is 0. The summed E-state index contributed by atoms with van der Waals surface area (Å²) in [6.07, 6.45) is -1.83. The molecular formula is C4H3ClF2O2. The van der Waals surface area contributed by atoms with Gasteiger partial charge in [0.15, 0.2) is 6.29 Å². The molecule has 0 unspecified atom stereocenters. The van der Waals surface area contributed by atoms with Gasteiger partial charge in [-0.15, -0.1) is 0 Å². The highest BCUT2D eigenvalue weighted by atomic mass is 35.5. The molecule has 0 atom stereocenters. The summed E-state index contributed by atoms with van der Waals surface area (Å²) < 4.78 is 23.5. The maximum atomic E-state index is 11.7. The van der Waals surface area contributed by atoms with Crippen molar-refractivity contribution in [3.8, 4) is 0 Å². The molecule has 0 amide bonds. The van der Waals surface area contributed by atoms with Crippen LogP contribution in [0.1, 0.15) is 6.42 Å². The van der Waals surface area contributed by atoms with Crippen molar-refractivity contribution in [2.75, 3.05) is 0 Å². The predicted molar refractivity (Wildman–Crippen MR) is 26.5 cm³/mol. The number of hydrogen-bond donors (Lipinski definition) is 0. The first kappa shape index (κ1) is 8.49. The van der Waals surface area contributed by atoms with E-state index in [-0.39, 0.29) is 0 Å². The largest absolute Gasteiger partial charge is 0.310 e. The van der Waals surface area contributed by atoms with Gasteiger partial charge in [0, 0.05) is 0 Å². The molecule has 0 saturated carbocycles. The number of carbonyl (C=O) groups excluding carboxylic acids is 2. The van der Waals surface area contributed by atoms with Gasteiger partial charge in [0.25, 0.3) is 0 Å². The van der Waals surface area contributed by atoms with Crippen LogP contribution >= 0.6 is 11.6 Å². The molecule has 0 bridgehead atoms. The summed E-state index contributed by atoms with van der Waals surface area (Å²) in [5.74, 6) is -3.60. The maximum absolute atomic E-state index is 11.7. The lowest BCUT2D eigenvalue weighted by atomic mass is 10.3. The Kier molecular flexibility index (Phi) is 2.70. The lowest BCUT2D eigenvalue weighted by Crippen LogP contribution is -2.20. The summed E-state index contributed by atoms with van der Waals surface area (Å²) in [6.45, 7) is 0. The van der Waals surface area contributed by atoms with E-state index in [0.29, 0.717) is 0 Å². The smallest absolute Gasteiger partial charge is 0.297 e. The summed E-state index contributed by atoms with van der Waals surface area (Å²) in [6, 6.07) is 0. The van der Waals surface area contributed by atoms with Crippen molar-refractivity contribution in [2.45, 2.75) is 12.3 Å². The highest BCUT2D eigenvalue weighted by molar-refractivity contribution is 6.63. The molecule has 0 radical (unpaired) electrons. The number of alkyl halides is 2. The molecule has 9 heavy (non-hydrogen) atoms. The standard InChI is InChI=1S/C4H3ClF2O2/c5-3(9)1-4(6,7)2-8/h2H,1H2. The van der Waals surface area contributed by atoms with Gasteiger partial charge in [0.05, 0.1) is 6.42 Å². The number of carbonyl (C=O) groups is 2. The van der Waals surface area contributed by atoms with Crippen LogP contribution in [0, 0.1) is 0 Å². The minimum atomic E-state index is -3.60. The third kappa shape index (κ3) is 4.02. The molecule has 5 heteroatoms. The quantitative estimate of drug-likeness (QED) is 0.451. The van der Waals surface area contributed by atoms with Gasteiger partial charge in [-0.25, -0.2) is 0 Å². The minimum Gasteiger partial charge on any atom is -0.297 e. The topological polar surface area (TPSA) is 34.1 Å². The predicted octanol–water partition coefficient (Wildman–Crippen LogP) is 0.976. The van der Waals surface area contributed by atoms with Crippen molar-refractivity contribution >= 4 is 23.1 Å². The summed E-state index contributed by atoms with van der Waals surface area (Å²) in [4.78, 5) is 19.1. The Bertz CT molecular complexity index is 135. The van der Waals surface area contributed by atoms with E-state index in [1.54, 1.807) is 0 Å². The normalized spacial score (nSPS) is 11.0. The molecule has 0 fully saturated rings. The summed E-state index contributed by atoms with van der Waals surface area (Å²) >= 11 is 4.56. The van der Waals surface area contributed by atoms with Gasteiger partial charge < -0.3 is 0 Å². The monoisotopic (exact) mass is 156 g/mol. The van der Waals surface area contributed by atoms with E-state index < -0.39 is 23.9 Å². The van der Waals surface area contributed by atoms with Crippen LogP contribution < -0.4 is 0 Å². The summed E-state index contributed by atoms with van der Waals surface area (Å²) in [5.41, 5.74) is 0. The van der Waals surface area contributed by atoms with E-state index in [4.69, 9.17) is 0 Å². The van der Waals surface area contributed by atoms with Gasteiger partial charge >= 0.3 is 5.92 Å². The lowest BCUT2D eigenvalue weighted by molar-refractivity contribution is -0.134. The molecule has 0 aromatic carbocycles. The Morgan fingerprint density at radius 3 is 2.22 bits per heavy atom. The van der Waals surface area contributed by atoms with E-state index in [0.717, 1.165) is 0 Å². The molecular weight excluding hydrogens is 153 g/mol. The molecule has 0 heterocycles. The van der Waals surface area contributed by atoms with E-state index in [9.17, 15) is 18.4 Å². The third-order valence-electron chi connectivity index (χ3n) is 0.547. The van der Waals surface area contributed by atoms with E-state index in [2.05, 4.69) is 11.6 Å². The van der Waals surface area contributed by atoms with Crippen LogP contribution in [0.4, 0.5) is 8.78 Å². The highest BCUT2D eigenvalue weighted by Gasteiger charge is 2.30. The van der Waals surface area contributed by atoms with Gasteiger partial charge in [-0.2, -0.15) is 8.78 Å². The van der Waals surface area contributed by atoms with Crippen molar-refractivity contribution in [2.24, 2.45) is 0 Å². The Morgan fingerprint density at radius 1 is 1.67 bits per heavy atom. The second-order valence-corrected chi connectivity index (χ2v) is 1.83. The average molecular weight is 157 g/mol. The summed E-state index contributed by atoms with van der Waals surface area (Å²) in [5, 5.41) is -1.22. The number of aldehydes is 1.